The van der Waals surface area contributed by atoms with Crippen LogP contribution in [0.3, 0.4) is 0 Å². The van der Waals surface area contributed by atoms with E-state index in [0.717, 1.165) is 5.56 Å². The number of benzene rings is 2. The molecule has 0 aromatic heterocycles. The number of methoxy groups -OCH3 is 1. The molecular formula is C16H16ClF2NO. The van der Waals surface area contributed by atoms with Crippen molar-refractivity contribution in [3.05, 3.63) is 64.2 Å². The SMILES string of the molecule is CNC(Cc1ccc(F)cc1Cl)c1cc(F)ccc1OC. The van der Waals surface area contributed by atoms with Gasteiger partial charge in [0.15, 0.2) is 0 Å². The molecule has 0 radical (unpaired) electrons. The van der Waals surface area contributed by atoms with E-state index < -0.39 is 0 Å². The number of rotatable bonds is 5. The van der Waals surface area contributed by atoms with Crippen LogP contribution in [0.4, 0.5) is 8.78 Å². The molecule has 5 heteroatoms. The second kappa shape index (κ2) is 6.87. The lowest BCUT2D eigenvalue weighted by Gasteiger charge is -2.20. The van der Waals surface area contributed by atoms with Gasteiger partial charge in [0.25, 0.3) is 0 Å². The van der Waals surface area contributed by atoms with Gasteiger partial charge >= 0.3 is 0 Å². The van der Waals surface area contributed by atoms with Gasteiger partial charge in [0.2, 0.25) is 0 Å². The molecule has 0 heterocycles. The van der Waals surface area contributed by atoms with Crippen molar-refractivity contribution in [3.8, 4) is 5.75 Å². The van der Waals surface area contributed by atoms with Crippen LogP contribution in [0.15, 0.2) is 36.4 Å². The lowest BCUT2D eigenvalue weighted by Crippen LogP contribution is -2.20. The quantitative estimate of drug-likeness (QED) is 0.896. The zero-order chi connectivity index (χ0) is 15.4. The summed E-state index contributed by atoms with van der Waals surface area (Å²) in [6, 6.07) is 8.42. The summed E-state index contributed by atoms with van der Waals surface area (Å²) in [5, 5.41) is 3.46. The van der Waals surface area contributed by atoms with Gasteiger partial charge < -0.3 is 10.1 Å². The van der Waals surface area contributed by atoms with E-state index in [4.69, 9.17) is 16.3 Å². The minimum absolute atomic E-state index is 0.196. The molecule has 0 aliphatic heterocycles. The fourth-order valence-electron chi connectivity index (χ4n) is 2.25. The van der Waals surface area contributed by atoms with Gasteiger partial charge in [-0.3, -0.25) is 0 Å². The first-order valence-electron chi connectivity index (χ1n) is 6.49. The number of hydrogen-bond donors (Lipinski definition) is 1. The fourth-order valence-corrected chi connectivity index (χ4v) is 2.50. The minimum atomic E-state index is -0.381. The molecule has 1 atom stereocenters. The summed E-state index contributed by atoms with van der Waals surface area (Å²) in [6.07, 6.45) is 0.495. The van der Waals surface area contributed by atoms with Crippen LogP contribution in [0.1, 0.15) is 17.2 Å². The summed E-state index contributed by atoms with van der Waals surface area (Å²) >= 11 is 6.05. The average molecular weight is 312 g/mol. The van der Waals surface area contributed by atoms with E-state index in [1.54, 1.807) is 19.2 Å². The normalized spacial score (nSPS) is 12.2. The molecule has 0 spiro atoms. The Morgan fingerprint density at radius 1 is 1.14 bits per heavy atom. The Morgan fingerprint density at radius 2 is 1.81 bits per heavy atom. The van der Waals surface area contributed by atoms with Gasteiger partial charge in [0.05, 0.1) is 7.11 Å². The zero-order valence-corrected chi connectivity index (χ0v) is 12.5. The summed E-state index contributed by atoms with van der Waals surface area (Å²) in [6.45, 7) is 0. The van der Waals surface area contributed by atoms with Crippen molar-refractivity contribution in [2.24, 2.45) is 0 Å². The predicted octanol–water partition coefficient (Wildman–Crippen LogP) is 4.13. The van der Waals surface area contributed by atoms with E-state index in [1.807, 2.05) is 0 Å². The summed E-state index contributed by atoms with van der Waals surface area (Å²) in [4.78, 5) is 0. The van der Waals surface area contributed by atoms with Crippen molar-refractivity contribution >= 4 is 11.6 Å². The molecule has 0 aliphatic carbocycles. The number of ether oxygens (including phenoxy) is 1. The zero-order valence-electron chi connectivity index (χ0n) is 11.8. The fraction of sp³-hybridized carbons (Fsp3) is 0.250. The van der Waals surface area contributed by atoms with E-state index in [-0.39, 0.29) is 17.7 Å². The molecule has 0 saturated heterocycles. The van der Waals surface area contributed by atoms with Crippen LogP contribution in [0.25, 0.3) is 0 Å². The Labute approximate surface area is 127 Å². The molecule has 0 amide bonds. The highest BCUT2D eigenvalue weighted by molar-refractivity contribution is 6.31. The van der Waals surface area contributed by atoms with E-state index in [0.29, 0.717) is 22.8 Å². The maximum atomic E-state index is 13.5. The summed E-state index contributed by atoms with van der Waals surface area (Å²) in [5.41, 5.74) is 1.48. The van der Waals surface area contributed by atoms with Gasteiger partial charge in [0.1, 0.15) is 17.4 Å². The molecule has 0 fully saturated rings. The maximum Gasteiger partial charge on any atom is 0.124 e. The largest absolute Gasteiger partial charge is 0.496 e. The van der Waals surface area contributed by atoms with Crippen LogP contribution in [-0.2, 0) is 6.42 Å². The second-order valence-corrected chi connectivity index (χ2v) is 5.07. The van der Waals surface area contributed by atoms with Crippen LogP contribution >= 0.6 is 11.6 Å². The lowest BCUT2D eigenvalue weighted by atomic mass is 9.98. The number of nitrogens with one attached hydrogen (secondary N) is 1. The molecular weight excluding hydrogens is 296 g/mol. The highest BCUT2D eigenvalue weighted by Crippen LogP contribution is 2.30. The molecule has 21 heavy (non-hydrogen) atoms. The lowest BCUT2D eigenvalue weighted by molar-refractivity contribution is 0.399. The molecule has 1 N–H and O–H groups in total. The van der Waals surface area contributed by atoms with Gasteiger partial charge in [-0.1, -0.05) is 17.7 Å². The van der Waals surface area contributed by atoms with Gasteiger partial charge in [-0.2, -0.15) is 0 Å². The van der Waals surface area contributed by atoms with Crippen molar-refractivity contribution in [1.29, 1.82) is 0 Å². The van der Waals surface area contributed by atoms with Gasteiger partial charge in [-0.15, -0.1) is 0 Å². The van der Waals surface area contributed by atoms with Gasteiger partial charge in [-0.05, 0) is 49.4 Å². The van der Waals surface area contributed by atoms with Gasteiger partial charge in [0, 0.05) is 16.6 Å². The highest BCUT2D eigenvalue weighted by Gasteiger charge is 2.17. The smallest absolute Gasteiger partial charge is 0.124 e. The molecule has 0 aliphatic rings. The van der Waals surface area contributed by atoms with Crippen LogP contribution in [-0.4, -0.2) is 14.2 Å². The van der Waals surface area contributed by atoms with Crippen molar-refractivity contribution < 1.29 is 13.5 Å². The number of hydrogen-bond acceptors (Lipinski definition) is 2. The predicted molar refractivity (Wildman–Crippen MR) is 79.9 cm³/mol. The molecule has 0 saturated carbocycles. The van der Waals surface area contributed by atoms with Crippen molar-refractivity contribution in [1.82, 2.24) is 5.32 Å². The van der Waals surface area contributed by atoms with Crippen LogP contribution in [0, 0.1) is 11.6 Å². The molecule has 2 aromatic carbocycles. The Kier molecular flexibility index (Phi) is 5.15. The highest BCUT2D eigenvalue weighted by atomic mass is 35.5. The number of halogens is 3. The summed E-state index contributed by atoms with van der Waals surface area (Å²) < 4.78 is 31.9. The van der Waals surface area contributed by atoms with Gasteiger partial charge in [-0.25, -0.2) is 8.78 Å². The van der Waals surface area contributed by atoms with E-state index in [2.05, 4.69) is 5.32 Å². The molecule has 1 unspecified atom stereocenters. The topological polar surface area (TPSA) is 21.3 Å². The average Bonchev–Trinajstić information content (AvgIpc) is 2.46. The third-order valence-corrected chi connectivity index (χ3v) is 3.71. The summed E-state index contributed by atoms with van der Waals surface area (Å²) in [5.74, 6) is -0.127. The third-order valence-electron chi connectivity index (χ3n) is 3.35. The second-order valence-electron chi connectivity index (χ2n) is 4.67. The Bertz CT molecular complexity index is 634. The Hall–Kier alpha value is -1.65. The molecule has 0 bridgehead atoms. The molecule has 2 aromatic rings. The first-order chi connectivity index (χ1) is 10.0. The van der Waals surface area contributed by atoms with Crippen LogP contribution in [0.5, 0.6) is 5.75 Å². The Morgan fingerprint density at radius 3 is 2.43 bits per heavy atom. The third kappa shape index (κ3) is 3.71. The monoisotopic (exact) mass is 311 g/mol. The number of likely N-dealkylation sites (N-methyl/N-ethyl adjacent to an activating group) is 1. The maximum absolute atomic E-state index is 13.5. The first-order valence-corrected chi connectivity index (χ1v) is 6.87. The summed E-state index contributed by atoms with van der Waals surface area (Å²) in [7, 11) is 3.31. The van der Waals surface area contributed by atoms with Crippen molar-refractivity contribution in [2.75, 3.05) is 14.2 Å². The minimum Gasteiger partial charge on any atom is -0.496 e. The van der Waals surface area contributed by atoms with Crippen molar-refractivity contribution in [2.45, 2.75) is 12.5 Å². The molecule has 2 nitrogen and oxygen atoms in total. The Balaban J connectivity index is 2.34. The van der Waals surface area contributed by atoms with E-state index >= 15 is 0 Å². The molecule has 112 valence electrons. The van der Waals surface area contributed by atoms with E-state index in [1.165, 1.54) is 31.4 Å². The first kappa shape index (κ1) is 15.7. The molecule has 2 rings (SSSR count). The van der Waals surface area contributed by atoms with Crippen LogP contribution < -0.4 is 10.1 Å². The van der Waals surface area contributed by atoms with Crippen molar-refractivity contribution in [3.63, 3.8) is 0 Å². The van der Waals surface area contributed by atoms with Crippen LogP contribution in [0.2, 0.25) is 5.02 Å². The standard InChI is InChI=1S/C16H16ClF2NO/c1-20-15(7-10-3-4-12(19)9-14(10)17)13-8-11(18)5-6-16(13)21-2/h3-6,8-9,15,20H,7H2,1-2H3. The van der Waals surface area contributed by atoms with E-state index in [9.17, 15) is 8.78 Å².